The van der Waals surface area contributed by atoms with Crippen LogP contribution in [0.25, 0.3) is 0 Å². The number of nitrogens with zero attached hydrogens (tertiary/aromatic N) is 3. The van der Waals surface area contributed by atoms with Crippen molar-refractivity contribution in [3.8, 4) is 0 Å². The molecule has 1 amide bonds. The molecule has 34 heavy (non-hydrogen) atoms. The molecule has 7 nitrogen and oxygen atoms in total. The van der Waals surface area contributed by atoms with Crippen LogP contribution in [-0.4, -0.2) is 60.1 Å². The molecule has 1 saturated heterocycles. The van der Waals surface area contributed by atoms with Crippen LogP contribution in [0.1, 0.15) is 56.2 Å². The number of carbonyl (C=O) groups is 2. The van der Waals surface area contributed by atoms with E-state index in [0.29, 0.717) is 18.5 Å². The molecular weight excluding hydrogens is 448 g/mol. The van der Waals surface area contributed by atoms with Gasteiger partial charge in [0, 0.05) is 18.8 Å². The van der Waals surface area contributed by atoms with E-state index in [0.717, 1.165) is 47.3 Å². The predicted molar refractivity (Wildman–Crippen MR) is 136 cm³/mol. The number of amides is 1. The fraction of sp³-hybridized carbons (Fsp3) is 0.500. The monoisotopic (exact) mass is 482 g/mol. The number of ether oxygens (including phenoxy) is 1. The molecule has 0 bridgehead atoms. The van der Waals surface area contributed by atoms with Crippen molar-refractivity contribution < 1.29 is 14.3 Å². The first kappa shape index (κ1) is 24.5. The number of likely N-dealkylation sites (tertiary alicyclic amines) is 1. The summed E-state index contributed by atoms with van der Waals surface area (Å²) in [5.41, 5.74) is 4.22. The average molecular weight is 483 g/mol. The van der Waals surface area contributed by atoms with Crippen LogP contribution in [-0.2, 0) is 14.3 Å². The van der Waals surface area contributed by atoms with Crippen molar-refractivity contribution in [1.82, 2.24) is 15.1 Å². The Morgan fingerprint density at radius 1 is 1.24 bits per heavy atom. The van der Waals surface area contributed by atoms with Gasteiger partial charge in [-0.2, -0.15) is 0 Å². The van der Waals surface area contributed by atoms with Gasteiger partial charge < -0.3 is 19.9 Å². The van der Waals surface area contributed by atoms with Crippen molar-refractivity contribution in [2.75, 3.05) is 33.3 Å². The maximum absolute atomic E-state index is 12.9. The van der Waals surface area contributed by atoms with Gasteiger partial charge in [0.25, 0.3) is 0 Å². The Morgan fingerprint density at radius 3 is 2.74 bits per heavy atom. The zero-order chi connectivity index (χ0) is 24.1. The minimum Gasteiger partial charge on any atom is -0.466 e. The number of methoxy groups -OCH3 is 1. The van der Waals surface area contributed by atoms with Crippen LogP contribution in [0.5, 0.6) is 0 Å². The van der Waals surface area contributed by atoms with Gasteiger partial charge in [-0.3, -0.25) is 4.79 Å². The third-order valence-electron chi connectivity index (χ3n) is 6.53. The molecule has 3 aliphatic rings. The maximum atomic E-state index is 12.9. The molecule has 1 aromatic rings. The van der Waals surface area contributed by atoms with Crippen molar-refractivity contribution in [1.29, 1.82) is 0 Å². The molecule has 0 unspecified atom stereocenters. The Kier molecular flexibility index (Phi) is 8.11. The lowest BCUT2D eigenvalue weighted by atomic mass is 9.92. The highest BCUT2D eigenvalue weighted by molar-refractivity contribution is 8.16. The fourth-order valence-corrected chi connectivity index (χ4v) is 5.77. The fourth-order valence-electron chi connectivity index (χ4n) is 4.83. The van der Waals surface area contributed by atoms with E-state index in [-0.39, 0.29) is 24.3 Å². The van der Waals surface area contributed by atoms with Gasteiger partial charge in [0.05, 0.1) is 30.8 Å². The van der Waals surface area contributed by atoms with Crippen molar-refractivity contribution in [3.05, 3.63) is 57.8 Å². The van der Waals surface area contributed by atoms with Gasteiger partial charge in [-0.15, -0.1) is 0 Å². The normalized spacial score (nSPS) is 20.6. The number of esters is 1. The summed E-state index contributed by atoms with van der Waals surface area (Å²) in [4.78, 5) is 35.0. The summed E-state index contributed by atoms with van der Waals surface area (Å²) in [5.74, 6) is -0.397. The Labute approximate surface area is 206 Å². The zero-order valence-corrected chi connectivity index (χ0v) is 21.1. The van der Waals surface area contributed by atoms with Crippen molar-refractivity contribution in [2.45, 2.75) is 52.0 Å². The number of hydrogen-bond acceptors (Lipinski definition) is 7. The highest BCUT2D eigenvalue weighted by Crippen LogP contribution is 2.45. The Balaban J connectivity index is 1.54. The lowest BCUT2D eigenvalue weighted by Crippen LogP contribution is -2.40. The average Bonchev–Trinajstić information content (AvgIpc) is 3.25. The number of nitrogens with one attached hydrogen (secondary N) is 1. The van der Waals surface area contributed by atoms with E-state index in [1.165, 1.54) is 38.1 Å². The number of allylic oxidation sites excluding steroid dienone is 1. The summed E-state index contributed by atoms with van der Waals surface area (Å²) in [5, 5.41) is 5.86. The van der Waals surface area contributed by atoms with Crippen LogP contribution in [0.2, 0.25) is 0 Å². The second kappa shape index (κ2) is 11.2. The molecule has 0 aliphatic carbocycles. The lowest BCUT2D eigenvalue weighted by molar-refractivity contribution is -0.136. The van der Waals surface area contributed by atoms with E-state index in [9.17, 15) is 9.59 Å². The summed E-state index contributed by atoms with van der Waals surface area (Å²) in [6.07, 6.45) is 4.65. The molecule has 1 fully saturated rings. The molecular formula is C26H34N4O3S. The number of fused-ring (bicyclic) bond motifs is 1. The first-order valence-corrected chi connectivity index (χ1v) is 13.0. The molecule has 4 rings (SSSR count). The number of carbonyl (C=O) groups excluding carboxylic acids is 2. The number of aliphatic imine (C=N–C) groups is 1. The van der Waals surface area contributed by atoms with E-state index in [1.54, 1.807) is 0 Å². The van der Waals surface area contributed by atoms with E-state index in [2.05, 4.69) is 16.3 Å². The molecule has 0 spiro atoms. The van der Waals surface area contributed by atoms with Gasteiger partial charge in [0.2, 0.25) is 5.91 Å². The van der Waals surface area contributed by atoms with E-state index < -0.39 is 0 Å². The van der Waals surface area contributed by atoms with Gasteiger partial charge in [0.15, 0.2) is 5.17 Å². The van der Waals surface area contributed by atoms with Crippen LogP contribution >= 0.6 is 11.8 Å². The smallest absolute Gasteiger partial charge is 0.338 e. The van der Waals surface area contributed by atoms with Crippen molar-refractivity contribution in [2.24, 2.45) is 4.99 Å². The molecule has 182 valence electrons. The first-order valence-electron chi connectivity index (χ1n) is 12.1. The molecule has 0 aromatic heterocycles. The molecule has 8 heteroatoms. The van der Waals surface area contributed by atoms with Gasteiger partial charge >= 0.3 is 5.97 Å². The third-order valence-corrected chi connectivity index (χ3v) is 7.42. The Morgan fingerprint density at radius 2 is 2.03 bits per heavy atom. The van der Waals surface area contributed by atoms with E-state index in [4.69, 9.17) is 9.73 Å². The number of aryl methyl sites for hydroxylation is 1. The number of rotatable bonds is 8. The number of thioether (sulfide) groups is 1. The van der Waals surface area contributed by atoms with Crippen LogP contribution in [0.4, 0.5) is 0 Å². The zero-order valence-electron chi connectivity index (χ0n) is 20.3. The topological polar surface area (TPSA) is 74.2 Å². The molecule has 0 saturated carbocycles. The standard InChI is InChI=1S/C26H34N4O3S/c1-4-21-23(25(32)33-3)24(19-10-8-9-18(2)15-19)30-20(17-34-26(30)28-21)16-22(31)27-11-14-29-12-6-5-7-13-29/h8-10,15,17,24H,4-7,11-14,16H2,1-3H3,(H,27,31)/t24-/m0/s1. The SMILES string of the molecule is CCC1=C(C(=O)OC)[C@H](c2cccc(C)c2)N2C(CC(=O)NCCN3CCCCC3)=CSC2=N1. The van der Waals surface area contributed by atoms with Crippen LogP contribution < -0.4 is 5.32 Å². The lowest BCUT2D eigenvalue weighted by Gasteiger charge is -2.36. The van der Waals surface area contributed by atoms with Gasteiger partial charge in [0.1, 0.15) is 0 Å². The number of benzene rings is 1. The summed E-state index contributed by atoms with van der Waals surface area (Å²) < 4.78 is 5.18. The summed E-state index contributed by atoms with van der Waals surface area (Å²) in [6.45, 7) is 7.80. The number of amidine groups is 1. The summed E-state index contributed by atoms with van der Waals surface area (Å²) >= 11 is 1.51. The Hall–Kier alpha value is -2.58. The molecule has 1 atom stereocenters. The minimum absolute atomic E-state index is 0.0158. The van der Waals surface area contributed by atoms with E-state index >= 15 is 0 Å². The molecule has 3 aliphatic heterocycles. The summed E-state index contributed by atoms with van der Waals surface area (Å²) in [7, 11) is 1.40. The third kappa shape index (κ3) is 5.39. The van der Waals surface area contributed by atoms with E-state index in [1.807, 2.05) is 42.4 Å². The highest BCUT2D eigenvalue weighted by Gasteiger charge is 2.41. The molecule has 0 radical (unpaired) electrons. The molecule has 1 N–H and O–H groups in total. The van der Waals surface area contributed by atoms with Crippen LogP contribution in [0.15, 0.2) is 51.6 Å². The predicted octanol–water partition coefficient (Wildman–Crippen LogP) is 4.13. The molecule has 1 aromatic carbocycles. The second-order valence-corrected chi connectivity index (χ2v) is 9.78. The minimum atomic E-state index is -0.381. The van der Waals surface area contributed by atoms with Crippen molar-refractivity contribution in [3.63, 3.8) is 0 Å². The number of piperidine rings is 1. The van der Waals surface area contributed by atoms with Gasteiger partial charge in [-0.05, 0) is 50.2 Å². The van der Waals surface area contributed by atoms with Crippen LogP contribution in [0, 0.1) is 6.92 Å². The summed E-state index contributed by atoms with van der Waals surface area (Å²) in [6, 6.07) is 7.77. The van der Waals surface area contributed by atoms with Crippen LogP contribution in [0.3, 0.4) is 0 Å². The van der Waals surface area contributed by atoms with Crippen molar-refractivity contribution >= 4 is 28.8 Å². The van der Waals surface area contributed by atoms with Gasteiger partial charge in [-0.1, -0.05) is 54.9 Å². The van der Waals surface area contributed by atoms with Gasteiger partial charge in [-0.25, -0.2) is 9.79 Å². The Bertz CT molecular complexity index is 1030. The maximum Gasteiger partial charge on any atom is 0.338 e. The highest BCUT2D eigenvalue weighted by atomic mass is 32.2. The first-order chi connectivity index (χ1) is 16.5. The molecule has 3 heterocycles. The number of hydrogen-bond donors (Lipinski definition) is 1. The largest absolute Gasteiger partial charge is 0.466 e. The quantitative estimate of drug-likeness (QED) is 0.562. The second-order valence-electron chi connectivity index (χ2n) is 8.94.